The van der Waals surface area contributed by atoms with E-state index in [9.17, 15) is 13.2 Å². The number of piperazine rings is 1. The van der Waals surface area contributed by atoms with Gasteiger partial charge < -0.3 is 9.32 Å². The third-order valence-corrected chi connectivity index (χ3v) is 6.54. The van der Waals surface area contributed by atoms with Crippen molar-refractivity contribution in [3.63, 3.8) is 0 Å². The molecule has 0 aliphatic carbocycles. The number of hydrogen-bond donors (Lipinski definition) is 0. The highest BCUT2D eigenvalue weighted by molar-refractivity contribution is 7.88. The van der Waals surface area contributed by atoms with Crippen molar-refractivity contribution in [3.05, 3.63) is 66.1 Å². The van der Waals surface area contributed by atoms with Crippen molar-refractivity contribution in [2.24, 2.45) is 0 Å². The second-order valence-corrected chi connectivity index (χ2v) is 8.44. The van der Waals surface area contributed by atoms with E-state index < -0.39 is 10.0 Å². The lowest BCUT2D eigenvalue weighted by Gasteiger charge is -2.34. The zero-order valence-corrected chi connectivity index (χ0v) is 15.4. The van der Waals surface area contributed by atoms with Gasteiger partial charge in [0.1, 0.15) is 5.52 Å². The fourth-order valence-corrected chi connectivity index (χ4v) is 4.73. The maximum Gasteiger partial charge on any atom is 0.254 e. The Hall–Kier alpha value is -2.71. The van der Waals surface area contributed by atoms with Crippen LogP contribution in [0.25, 0.3) is 11.1 Å². The van der Waals surface area contributed by atoms with Gasteiger partial charge in [0.25, 0.3) is 5.91 Å². The molecular weight excluding hydrogens is 366 g/mol. The summed E-state index contributed by atoms with van der Waals surface area (Å²) in [5, 5.41) is 0. The van der Waals surface area contributed by atoms with Crippen molar-refractivity contribution < 1.29 is 17.6 Å². The van der Waals surface area contributed by atoms with Gasteiger partial charge in [0, 0.05) is 31.7 Å². The summed E-state index contributed by atoms with van der Waals surface area (Å²) in [7, 11) is -3.40. The van der Waals surface area contributed by atoms with Crippen LogP contribution in [0.15, 0.2) is 59.3 Å². The summed E-state index contributed by atoms with van der Waals surface area (Å²) in [5.41, 5.74) is 2.54. The standard InChI is InChI=1S/C19H19N3O4S/c23-19(16-6-7-18-17(12-16)20-14-26-18)21-8-10-22(11-9-21)27(24,25)13-15-4-2-1-3-5-15/h1-7,12,14H,8-11,13H2. The van der Waals surface area contributed by atoms with Crippen LogP contribution in [-0.2, 0) is 15.8 Å². The first kappa shape index (κ1) is 17.7. The normalized spacial score (nSPS) is 15.9. The number of nitrogens with zero attached hydrogens (tertiary/aromatic N) is 3. The van der Waals surface area contributed by atoms with Crippen LogP contribution in [0.1, 0.15) is 15.9 Å². The SMILES string of the molecule is O=C(c1ccc2ocnc2c1)N1CCN(S(=O)(=O)Cc2ccccc2)CC1. The van der Waals surface area contributed by atoms with Crippen LogP contribution >= 0.6 is 0 Å². The summed E-state index contributed by atoms with van der Waals surface area (Å²) in [6, 6.07) is 14.2. The second kappa shape index (κ2) is 7.13. The number of rotatable bonds is 4. The molecule has 8 heteroatoms. The number of carbonyl (C=O) groups is 1. The lowest BCUT2D eigenvalue weighted by atomic mass is 10.1. The number of aromatic nitrogens is 1. The van der Waals surface area contributed by atoms with Gasteiger partial charge in [-0.15, -0.1) is 0 Å². The van der Waals surface area contributed by atoms with Crippen molar-refractivity contribution in [1.29, 1.82) is 0 Å². The molecule has 2 heterocycles. The van der Waals surface area contributed by atoms with Gasteiger partial charge in [0.2, 0.25) is 10.0 Å². The van der Waals surface area contributed by atoms with Crippen LogP contribution < -0.4 is 0 Å². The molecule has 2 aromatic carbocycles. The Morgan fingerprint density at radius 1 is 1.04 bits per heavy atom. The molecule has 0 spiro atoms. The first-order valence-corrected chi connectivity index (χ1v) is 10.3. The molecule has 1 saturated heterocycles. The minimum Gasteiger partial charge on any atom is -0.443 e. The summed E-state index contributed by atoms with van der Waals surface area (Å²) >= 11 is 0. The molecule has 1 fully saturated rings. The number of fused-ring (bicyclic) bond motifs is 1. The minimum atomic E-state index is -3.40. The Kier molecular flexibility index (Phi) is 4.67. The highest BCUT2D eigenvalue weighted by Crippen LogP contribution is 2.18. The first-order chi connectivity index (χ1) is 13.0. The lowest BCUT2D eigenvalue weighted by molar-refractivity contribution is 0.0698. The van der Waals surface area contributed by atoms with Gasteiger partial charge in [-0.3, -0.25) is 4.79 Å². The zero-order chi connectivity index (χ0) is 18.9. The second-order valence-electron chi connectivity index (χ2n) is 6.47. The molecule has 3 aromatic rings. The maximum atomic E-state index is 12.7. The van der Waals surface area contributed by atoms with Crippen LogP contribution in [0.2, 0.25) is 0 Å². The Labute approximate surface area is 157 Å². The summed E-state index contributed by atoms with van der Waals surface area (Å²) in [4.78, 5) is 18.5. The van der Waals surface area contributed by atoms with Gasteiger partial charge in [-0.25, -0.2) is 13.4 Å². The van der Waals surface area contributed by atoms with Gasteiger partial charge in [0.05, 0.1) is 5.75 Å². The number of oxazole rings is 1. The molecule has 0 atom stereocenters. The van der Waals surface area contributed by atoms with Crippen molar-refractivity contribution in [2.75, 3.05) is 26.2 Å². The molecule has 27 heavy (non-hydrogen) atoms. The molecule has 0 N–H and O–H groups in total. The van der Waals surface area contributed by atoms with Crippen molar-refractivity contribution in [3.8, 4) is 0 Å². The Morgan fingerprint density at radius 2 is 1.78 bits per heavy atom. The number of hydrogen-bond acceptors (Lipinski definition) is 5. The smallest absolute Gasteiger partial charge is 0.254 e. The first-order valence-electron chi connectivity index (χ1n) is 8.67. The van der Waals surface area contributed by atoms with Crippen molar-refractivity contribution >= 4 is 27.0 Å². The van der Waals surface area contributed by atoms with Gasteiger partial charge in [-0.1, -0.05) is 30.3 Å². The maximum absolute atomic E-state index is 12.7. The average Bonchev–Trinajstić information content (AvgIpc) is 3.16. The van der Waals surface area contributed by atoms with E-state index in [1.165, 1.54) is 10.7 Å². The molecular formula is C19H19N3O4S. The third kappa shape index (κ3) is 3.72. The molecule has 0 radical (unpaired) electrons. The largest absolute Gasteiger partial charge is 0.443 e. The van der Waals surface area contributed by atoms with E-state index in [0.29, 0.717) is 42.8 Å². The summed E-state index contributed by atoms with van der Waals surface area (Å²) < 4.78 is 31.9. The number of benzene rings is 2. The van der Waals surface area contributed by atoms with E-state index in [2.05, 4.69) is 4.98 Å². The quantitative estimate of drug-likeness (QED) is 0.687. The highest BCUT2D eigenvalue weighted by atomic mass is 32.2. The molecule has 4 rings (SSSR count). The average molecular weight is 385 g/mol. The van der Waals surface area contributed by atoms with E-state index in [1.807, 2.05) is 18.2 Å². The van der Waals surface area contributed by atoms with Gasteiger partial charge in [-0.05, 0) is 23.8 Å². The highest BCUT2D eigenvalue weighted by Gasteiger charge is 2.29. The molecule has 1 aliphatic heterocycles. The summed E-state index contributed by atoms with van der Waals surface area (Å²) in [6.07, 6.45) is 1.34. The van der Waals surface area contributed by atoms with E-state index in [4.69, 9.17) is 4.42 Å². The molecule has 1 aliphatic rings. The van der Waals surface area contributed by atoms with Gasteiger partial charge in [-0.2, -0.15) is 4.31 Å². The van der Waals surface area contributed by atoms with Crippen molar-refractivity contribution in [2.45, 2.75) is 5.75 Å². The van der Waals surface area contributed by atoms with E-state index >= 15 is 0 Å². The molecule has 1 amide bonds. The molecule has 0 bridgehead atoms. The minimum absolute atomic E-state index is 0.0232. The number of amides is 1. The van der Waals surface area contributed by atoms with Crippen LogP contribution in [0.4, 0.5) is 0 Å². The summed E-state index contributed by atoms with van der Waals surface area (Å²) in [5.74, 6) is -0.148. The number of sulfonamides is 1. The van der Waals surface area contributed by atoms with Crippen molar-refractivity contribution in [1.82, 2.24) is 14.2 Å². The lowest BCUT2D eigenvalue weighted by Crippen LogP contribution is -2.50. The monoisotopic (exact) mass is 385 g/mol. The Balaban J connectivity index is 1.41. The van der Waals surface area contributed by atoms with Crippen LogP contribution in [0.3, 0.4) is 0 Å². The van der Waals surface area contributed by atoms with Gasteiger partial charge >= 0.3 is 0 Å². The van der Waals surface area contributed by atoms with Crippen LogP contribution in [0, 0.1) is 0 Å². The van der Waals surface area contributed by atoms with E-state index in [-0.39, 0.29) is 11.7 Å². The zero-order valence-electron chi connectivity index (χ0n) is 14.6. The fourth-order valence-electron chi connectivity index (χ4n) is 3.22. The summed E-state index contributed by atoms with van der Waals surface area (Å²) in [6.45, 7) is 1.33. The van der Waals surface area contributed by atoms with Gasteiger partial charge in [0.15, 0.2) is 12.0 Å². The Bertz CT molecular complexity index is 1050. The third-order valence-electron chi connectivity index (χ3n) is 4.69. The van der Waals surface area contributed by atoms with Crippen LogP contribution in [-0.4, -0.2) is 54.7 Å². The predicted octanol–water partition coefficient (Wildman–Crippen LogP) is 2.12. The van der Waals surface area contributed by atoms with E-state index in [1.54, 1.807) is 35.2 Å². The fraction of sp³-hybridized carbons (Fsp3) is 0.263. The molecule has 140 valence electrons. The topological polar surface area (TPSA) is 83.7 Å². The molecule has 0 unspecified atom stereocenters. The van der Waals surface area contributed by atoms with Crippen LogP contribution in [0.5, 0.6) is 0 Å². The van der Waals surface area contributed by atoms with E-state index in [0.717, 1.165) is 5.56 Å². The molecule has 1 aromatic heterocycles. The molecule has 0 saturated carbocycles. The molecule has 7 nitrogen and oxygen atoms in total. The number of carbonyl (C=O) groups excluding carboxylic acids is 1. The predicted molar refractivity (Wildman–Crippen MR) is 101 cm³/mol. The Morgan fingerprint density at radius 3 is 2.52 bits per heavy atom.